The molecule has 8 heteroatoms. The Morgan fingerprint density at radius 1 is 1.30 bits per heavy atom. The number of halogens is 2. The fourth-order valence-electron chi connectivity index (χ4n) is 2.31. The molecule has 0 radical (unpaired) electrons. The molecular weight excluding hydrogens is 343 g/mol. The summed E-state index contributed by atoms with van der Waals surface area (Å²) in [4.78, 5) is 36.1. The van der Waals surface area contributed by atoms with Gasteiger partial charge in [0, 0.05) is 17.8 Å². The number of hydrogen-bond acceptors (Lipinski definition) is 4. The van der Waals surface area contributed by atoms with Crippen LogP contribution in [0.5, 0.6) is 0 Å². The fourth-order valence-corrected chi connectivity index (χ4v) is 2.61. The van der Waals surface area contributed by atoms with Crippen LogP contribution in [0.25, 0.3) is 0 Å². The third-order valence-electron chi connectivity index (χ3n) is 3.38. The van der Waals surface area contributed by atoms with Crippen molar-refractivity contribution in [3.63, 3.8) is 0 Å². The van der Waals surface area contributed by atoms with E-state index in [0.717, 1.165) is 0 Å². The first-order valence-electron chi connectivity index (χ1n) is 6.68. The highest BCUT2D eigenvalue weighted by molar-refractivity contribution is 6.42. The van der Waals surface area contributed by atoms with Crippen LogP contribution in [0.15, 0.2) is 29.5 Å². The Labute approximate surface area is 142 Å². The minimum absolute atomic E-state index is 0.129. The summed E-state index contributed by atoms with van der Waals surface area (Å²) in [5.41, 5.74) is 0.851. The number of esters is 1. The predicted octanol–water partition coefficient (Wildman–Crippen LogP) is 2.51. The van der Waals surface area contributed by atoms with Crippen LogP contribution in [0.3, 0.4) is 0 Å². The number of rotatable bonds is 3. The molecule has 0 aromatic heterocycles. The monoisotopic (exact) mass is 356 g/mol. The van der Waals surface area contributed by atoms with Gasteiger partial charge in [0.1, 0.15) is 0 Å². The quantitative estimate of drug-likeness (QED) is 0.815. The van der Waals surface area contributed by atoms with Crippen molar-refractivity contribution in [2.45, 2.75) is 13.3 Å². The Morgan fingerprint density at radius 2 is 2.00 bits per heavy atom. The molecule has 1 aliphatic heterocycles. The molecule has 0 bridgehead atoms. The van der Waals surface area contributed by atoms with E-state index in [0.29, 0.717) is 16.4 Å². The van der Waals surface area contributed by atoms with Gasteiger partial charge < -0.3 is 15.4 Å². The zero-order valence-corrected chi connectivity index (χ0v) is 13.9. The van der Waals surface area contributed by atoms with E-state index in [4.69, 9.17) is 27.9 Å². The van der Waals surface area contributed by atoms with Crippen LogP contribution >= 0.6 is 23.2 Å². The summed E-state index contributed by atoms with van der Waals surface area (Å²) < 4.78 is 4.69. The number of carbonyl (C=O) groups excluding carboxylic acids is 3. The van der Waals surface area contributed by atoms with Gasteiger partial charge in [-0.2, -0.15) is 0 Å². The first kappa shape index (κ1) is 17.3. The summed E-state index contributed by atoms with van der Waals surface area (Å²) in [6.45, 7) is 1.54. The topological polar surface area (TPSA) is 84.5 Å². The number of allylic oxidation sites excluding steroid dienone is 1. The predicted molar refractivity (Wildman–Crippen MR) is 86.1 cm³/mol. The summed E-state index contributed by atoms with van der Waals surface area (Å²) in [6, 6.07) is 4.60. The molecule has 23 heavy (non-hydrogen) atoms. The minimum Gasteiger partial charge on any atom is -0.466 e. The van der Waals surface area contributed by atoms with Crippen LogP contribution < -0.4 is 10.6 Å². The third-order valence-corrected chi connectivity index (χ3v) is 4.12. The number of nitrogens with one attached hydrogen (secondary N) is 2. The molecule has 1 atom stereocenters. The number of amides is 2. The van der Waals surface area contributed by atoms with Crippen LogP contribution in [0.2, 0.25) is 10.0 Å². The van der Waals surface area contributed by atoms with Gasteiger partial charge in [0.25, 0.3) is 0 Å². The van der Waals surface area contributed by atoms with Gasteiger partial charge in [-0.25, -0.2) is 4.79 Å². The molecule has 0 saturated carbocycles. The number of anilines is 1. The Bertz CT molecular complexity index is 715. The lowest BCUT2D eigenvalue weighted by molar-refractivity contribution is -0.139. The number of ether oxygens (including phenoxy) is 1. The highest BCUT2D eigenvalue weighted by Crippen LogP contribution is 2.28. The SMILES string of the molecule is COC(=O)C1=C(C)NC(=O)C[C@@H]1C(=O)Nc1ccc(Cl)c(Cl)c1. The molecule has 122 valence electrons. The molecule has 0 spiro atoms. The third kappa shape index (κ3) is 3.83. The molecule has 6 nitrogen and oxygen atoms in total. The lowest BCUT2D eigenvalue weighted by atomic mass is 9.89. The van der Waals surface area contributed by atoms with Crippen LogP contribution in [0.4, 0.5) is 5.69 Å². The van der Waals surface area contributed by atoms with Crippen molar-refractivity contribution in [1.29, 1.82) is 0 Å². The fraction of sp³-hybridized carbons (Fsp3) is 0.267. The second-order valence-electron chi connectivity index (χ2n) is 4.95. The lowest BCUT2D eigenvalue weighted by Crippen LogP contribution is -2.40. The summed E-state index contributed by atoms with van der Waals surface area (Å²) in [7, 11) is 1.22. The van der Waals surface area contributed by atoms with Gasteiger partial charge in [-0.05, 0) is 25.1 Å². The number of hydrogen-bond donors (Lipinski definition) is 2. The summed E-state index contributed by atoms with van der Waals surface area (Å²) in [5, 5.41) is 5.79. The largest absolute Gasteiger partial charge is 0.466 e. The van der Waals surface area contributed by atoms with Gasteiger partial charge in [-0.1, -0.05) is 23.2 Å². The maximum Gasteiger partial charge on any atom is 0.336 e. The highest BCUT2D eigenvalue weighted by Gasteiger charge is 2.36. The number of benzene rings is 1. The average Bonchev–Trinajstić information content (AvgIpc) is 2.49. The number of methoxy groups -OCH3 is 1. The number of carbonyl (C=O) groups is 3. The molecule has 1 aliphatic rings. The van der Waals surface area contributed by atoms with Crippen molar-refractivity contribution in [2.24, 2.45) is 5.92 Å². The van der Waals surface area contributed by atoms with Crippen LogP contribution in [-0.2, 0) is 19.1 Å². The maximum absolute atomic E-state index is 12.5. The molecule has 2 rings (SSSR count). The van der Waals surface area contributed by atoms with Crippen molar-refractivity contribution in [3.05, 3.63) is 39.5 Å². The van der Waals surface area contributed by atoms with Crippen LogP contribution in [0, 0.1) is 5.92 Å². The average molecular weight is 357 g/mol. The Balaban J connectivity index is 2.28. The van der Waals surface area contributed by atoms with Gasteiger partial charge in [-0.15, -0.1) is 0 Å². The van der Waals surface area contributed by atoms with Crippen molar-refractivity contribution in [2.75, 3.05) is 12.4 Å². The second kappa shape index (κ2) is 7.02. The second-order valence-corrected chi connectivity index (χ2v) is 5.77. The first-order chi connectivity index (χ1) is 10.8. The van der Waals surface area contributed by atoms with Crippen LogP contribution in [0.1, 0.15) is 13.3 Å². The van der Waals surface area contributed by atoms with Crippen molar-refractivity contribution >= 4 is 46.7 Å². The van der Waals surface area contributed by atoms with E-state index in [-0.39, 0.29) is 22.9 Å². The Morgan fingerprint density at radius 3 is 2.61 bits per heavy atom. The Kier molecular flexibility index (Phi) is 5.28. The molecule has 1 aromatic carbocycles. The van der Waals surface area contributed by atoms with Gasteiger partial charge in [0.15, 0.2) is 0 Å². The van der Waals surface area contributed by atoms with E-state index in [1.165, 1.54) is 19.2 Å². The van der Waals surface area contributed by atoms with E-state index in [1.807, 2.05) is 0 Å². The van der Waals surface area contributed by atoms with E-state index in [9.17, 15) is 14.4 Å². The van der Waals surface area contributed by atoms with Gasteiger partial charge >= 0.3 is 5.97 Å². The van der Waals surface area contributed by atoms with E-state index in [2.05, 4.69) is 10.6 Å². The van der Waals surface area contributed by atoms with Crippen molar-refractivity contribution in [1.82, 2.24) is 5.32 Å². The summed E-state index contributed by atoms with van der Waals surface area (Å²) in [6.07, 6.45) is -0.144. The first-order valence-corrected chi connectivity index (χ1v) is 7.44. The molecule has 0 fully saturated rings. The van der Waals surface area contributed by atoms with Gasteiger partial charge in [-0.3, -0.25) is 9.59 Å². The van der Waals surface area contributed by atoms with Gasteiger partial charge in [0.2, 0.25) is 11.8 Å². The normalized spacial score (nSPS) is 17.6. The van der Waals surface area contributed by atoms with E-state index in [1.54, 1.807) is 13.0 Å². The zero-order chi connectivity index (χ0) is 17.1. The minimum atomic E-state index is -0.939. The van der Waals surface area contributed by atoms with Crippen LogP contribution in [-0.4, -0.2) is 24.9 Å². The van der Waals surface area contributed by atoms with Crippen molar-refractivity contribution in [3.8, 4) is 0 Å². The molecule has 2 N–H and O–H groups in total. The van der Waals surface area contributed by atoms with E-state index >= 15 is 0 Å². The smallest absolute Gasteiger partial charge is 0.336 e. The summed E-state index contributed by atoms with van der Waals surface area (Å²) >= 11 is 11.7. The molecule has 0 saturated heterocycles. The Hall–Kier alpha value is -2.05. The molecular formula is C15H14Cl2N2O4. The molecule has 0 unspecified atom stereocenters. The highest BCUT2D eigenvalue weighted by atomic mass is 35.5. The maximum atomic E-state index is 12.5. The zero-order valence-electron chi connectivity index (χ0n) is 12.4. The summed E-state index contributed by atoms with van der Waals surface area (Å²) in [5.74, 6) is -2.44. The lowest BCUT2D eigenvalue weighted by Gasteiger charge is -2.25. The molecule has 1 aromatic rings. The molecule has 2 amide bonds. The standard InChI is InChI=1S/C15H14Cl2N2O4/c1-7-13(15(22)23-2)9(6-12(20)18-7)14(21)19-8-3-4-10(16)11(17)5-8/h3-5,9H,6H2,1-2H3,(H,18,20)(H,19,21)/t9-/m0/s1. The van der Waals surface area contributed by atoms with E-state index < -0.39 is 17.8 Å². The van der Waals surface area contributed by atoms with Gasteiger partial charge in [0.05, 0.1) is 28.6 Å². The molecule has 0 aliphatic carbocycles. The molecule has 1 heterocycles. The van der Waals surface area contributed by atoms with Crippen molar-refractivity contribution < 1.29 is 19.1 Å².